The third-order valence-corrected chi connectivity index (χ3v) is 5.99. The lowest BCUT2D eigenvalue weighted by Crippen LogP contribution is -2.10. The lowest BCUT2D eigenvalue weighted by molar-refractivity contribution is 0.590. The van der Waals surface area contributed by atoms with Gasteiger partial charge in [0.25, 0.3) is 0 Å². The Morgan fingerprint density at radius 1 is 0.724 bits per heavy atom. The summed E-state index contributed by atoms with van der Waals surface area (Å²) in [4.78, 5) is 5.05. The first kappa shape index (κ1) is 17.9. The van der Waals surface area contributed by atoms with E-state index in [1.54, 1.807) is 0 Å². The van der Waals surface area contributed by atoms with Crippen molar-refractivity contribution in [3.8, 4) is 22.4 Å². The fourth-order valence-electron chi connectivity index (χ4n) is 4.27. The lowest BCUT2D eigenvalue weighted by Gasteiger charge is -2.19. The van der Waals surface area contributed by atoms with E-state index in [2.05, 4.69) is 107 Å². The summed E-state index contributed by atoms with van der Waals surface area (Å²) < 4.78 is 0. The van der Waals surface area contributed by atoms with Crippen molar-refractivity contribution < 1.29 is 0 Å². The van der Waals surface area contributed by atoms with Gasteiger partial charge >= 0.3 is 0 Å². The van der Waals surface area contributed by atoms with Gasteiger partial charge in [0.2, 0.25) is 0 Å². The third-order valence-electron chi connectivity index (χ3n) is 5.99. The van der Waals surface area contributed by atoms with Crippen molar-refractivity contribution in [2.75, 3.05) is 0 Å². The second-order valence-electron chi connectivity index (χ2n) is 8.98. The van der Waals surface area contributed by atoms with Crippen molar-refractivity contribution in [1.82, 2.24) is 4.98 Å². The topological polar surface area (TPSA) is 12.9 Å². The molecule has 1 aromatic heterocycles. The molecule has 0 atom stereocenters. The number of hydrogen-bond donors (Lipinski definition) is 0. The lowest BCUT2D eigenvalue weighted by atomic mass is 9.86. The van der Waals surface area contributed by atoms with Gasteiger partial charge in [-0.15, -0.1) is 0 Å². The number of benzene rings is 3. The maximum Gasteiger partial charge on any atom is 0.0745 e. The Balaban J connectivity index is 1.61. The van der Waals surface area contributed by atoms with Gasteiger partial charge < -0.3 is 0 Å². The molecule has 4 aromatic rings. The number of rotatable bonds is 2. The Kier molecular flexibility index (Phi) is 3.96. The van der Waals surface area contributed by atoms with Crippen molar-refractivity contribution in [1.29, 1.82) is 0 Å². The minimum absolute atomic E-state index is 0.168. The van der Waals surface area contributed by atoms with Crippen LogP contribution in [0.5, 0.6) is 0 Å². The minimum atomic E-state index is 0.168. The average Bonchev–Trinajstić information content (AvgIpc) is 3.16. The number of nitrogens with zero attached hydrogens (tertiary/aromatic N) is 1. The van der Waals surface area contributed by atoms with Crippen LogP contribution in [-0.4, -0.2) is 4.98 Å². The van der Waals surface area contributed by atoms with Gasteiger partial charge in [0.05, 0.1) is 11.2 Å². The van der Waals surface area contributed by atoms with E-state index in [0.717, 1.165) is 11.2 Å². The van der Waals surface area contributed by atoms with E-state index in [9.17, 15) is 0 Å². The fraction of sp³-hybridized carbons (Fsp3) is 0.179. The first-order valence-electron chi connectivity index (χ1n) is 10.2. The molecular formula is C28H25N. The van der Waals surface area contributed by atoms with E-state index in [4.69, 9.17) is 4.98 Å². The van der Waals surface area contributed by atoms with Crippen LogP contribution in [-0.2, 0) is 5.41 Å². The molecule has 29 heavy (non-hydrogen) atoms. The van der Waals surface area contributed by atoms with Crippen molar-refractivity contribution in [2.45, 2.75) is 33.1 Å². The molecule has 0 amide bonds. The maximum absolute atomic E-state index is 5.05. The Morgan fingerprint density at radius 3 is 2.21 bits per heavy atom. The number of aromatic nitrogens is 1. The molecule has 1 heteroatoms. The molecule has 0 saturated heterocycles. The Bertz CT molecular complexity index is 1270. The van der Waals surface area contributed by atoms with Crippen molar-refractivity contribution >= 4 is 23.1 Å². The van der Waals surface area contributed by atoms with E-state index in [1.807, 2.05) is 0 Å². The molecule has 0 fully saturated rings. The smallest absolute Gasteiger partial charge is 0.0745 e. The molecule has 142 valence electrons. The standard InChI is InChI=1S/C28H25N/c1-18-24-16-13-20-7-6-10-25(26(20)24)29-27(18)22-9-5-8-21(17-22)19-11-14-23(15-12-19)28(2,3)4/h5-17H,1-4H3. The van der Waals surface area contributed by atoms with Gasteiger partial charge in [-0.05, 0) is 57.9 Å². The summed E-state index contributed by atoms with van der Waals surface area (Å²) in [5.41, 5.74) is 11.1. The van der Waals surface area contributed by atoms with E-state index in [1.165, 1.54) is 44.3 Å². The predicted octanol–water partition coefficient (Wildman–Crippen LogP) is 7.66. The Labute approximate surface area is 172 Å². The summed E-state index contributed by atoms with van der Waals surface area (Å²) in [6.45, 7) is 8.94. The van der Waals surface area contributed by atoms with Crippen LogP contribution in [0, 0.1) is 6.92 Å². The summed E-state index contributed by atoms with van der Waals surface area (Å²) in [6.07, 6.45) is 4.43. The van der Waals surface area contributed by atoms with Gasteiger partial charge in [-0.3, -0.25) is 0 Å². The molecule has 0 unspecified atom stereocenters. The van der Waals surface area contributed by atoms with E-state index in [-0.39, 0.29) is 5.41 Å². The van der Waals surface area contributed by atoms with Crippen LogP contribution in [0.3, 0.4) is 0 Å². The minimum Gasteiger partial charge on any atom is -0.247 e. The van der Waals surface area contributed by atoms with Crippen LogP contribution in [0.25, 0.3) is 45.4 Å². The molecular weight excluding hydrogens is 350 g/mol. The third kappa shape index (κ3) is 2.98. The number of hydrogen-bond acceptors (Lipinski definition) is 1. The SMILES string of the molecule is Cc1c(-c2cccc(-c3ccc(C(C)(C)C)cc3)c2)nc2cccc3c2c1C=C3. The summed E-state index contributed by atoms with van der Waals surface area (Å²) in [6, 6.07) is 24.1. The van der Waals surface area contributed by atoms with Gasteiger partial charge in [-0.2, -0.15) is 0 Å². The first-order valence-corrected chi connectivity index (χ1v) is 10.2. The molecule has 0 radical (unpaired) electrons. The molecule has 1 heterocycles. The van der Waals surface area contributed by atoms with Crippen molar-refractivity contribution in [3.63, 3.8) is 0 Å². The van der Waals surface area contributed by atoms with Gasteiger partial charge in [0, 0.05) is 10.9 Å². The zero-order valence-corrected chi connectivity index (χ0v) is 17.5. The summed E-state index contributed by atoms with van der Waals surface area (Å²) in [5, 5.41) is 1.28. The van der Waals surface area contributed by atoms with E-state index < -0.39 is 0 Å². The quantitative estimate of drug-likeness (QED) is 0.309. The van der Waals surface area contributed by atoms with Crippen LogP contribution in [0.1, 0.15) is 43.0 Å². The van der Waals surface area contributed by atoms with Gasteiger partial charge in [0.15, 0.2) is 0 Å². The van der Waals surface area contributed by atoms with Crippen molar-refractivity contribution in [2.24, 2.45) is 0 Å². The predicted molar refractivity (Wildman–Crippen MR) is 125 cm³/mol. The Morgan fingerprint density at radius 2 is 1.45 bits per heavy atom. The average molecular weight is 376 g/mol. The van der Waals surface area contributed by atoms with Crippen LogP contribution in [0.4, 0.5) is 0 Å². The summed E-state index contributed by atoms with van der Waals surface area (Å²) >= 11 is 0. The first-order chi connectivity index (χ1) is 13.9. The highest BCUT2D eigenvalue weighted by Crippen LogP contribution is 2.37. The van der Waals surface area contributed by atoms with Gasteiger partial charge in [-0.1, -0.05) is 87.5 Å². The molecule has 5 rings (SSSR count). The maximum atomic E-state index is 5.05. The molecule has 0 N–H and O–H groups in total. The van der Waals surface area contributed by atoms with Crippen LogP contribution < -0.4 is 0 Å². The molecule has 0 aliphatic heterocycles. The zero-order valence-electron chi connectivity index (χ0n) is 17.5. The normalized spacial score (nSPS) is 12.7. The van der Waals surface area contributed by atoms with Gasteiger partial charge in [-0.25, -0.2) is 4.98 Å². The van der Waals surface area contributed by atoms with Crippen molar-refractivity contribution in [3.05, 3.63) is 89.0 Å². The second-order valence-corrected chi connectivity index (χ2v) is 8.98. The highest BCUT2D eigenvalue weighted by Gasteiger charge is 2.17. The summed E-state index contributed by atoms with van der Waals surface area (Å²) in [7, 11) is 0. The van der Waals surface area contributed by atoms with E-state index in [0.29, 0.717) is 0 Å². The number of pyridine rings is 1. The molecule has 0 saturated carbocycles. The largest absolute Gasteiger partial charge is 0.247 e. The van der Waals surface area contributed by atoms with Crippen LogP contribution in [0.2, 0.25) is 0 Å². The highest BCUT2D eigenvalue weighted by atomic mass is 14.7. The molecule has 1 aliphatic carbocycles. The molecule has 0 spiro atoms. The fourth-order valence-corrected chi connectivity index (χ4v) is 4.27. The van der Waals surface area contributed by atoms with Crippen LogP contribution in [0.15, 0.2) is 66.7 Å². The summed E-state index contributed by atoms with van der Waals surface area (Å²) in [5.74, 6) is 0. The molecule has 1 nitrogen and oxygen atoms in total. The molecule has 1 aliphatic rings. The van der Waals surface area contributed by atoms with Gasteiger partial charge in [0.1, 0.15) is 0 Å². The monoisotopic (exact) mass is 375 g/mol. The highest BCUT2D eigenvalue weighted by molar-refractivity contribution is 6.05. The second kappa shape index (κ2) is 6.42. The van der Waals surface area contributed by atoms with Crippen LogP contribution >= 0.6 is 0 Å². The Hall–Kier alpha value is -3.19. The molecule has 3 aromatic carbocycles. The molecule has 0 bridgehead atoms. The zero-order chi connectivity index (χ0) is 20.2. The van der Waals surface area contributed by atoms with E-state index >= 15 is 0 Å².